The fourth-order valence-electron chi connectivity index (χ4n) is 2.20. The molecule has 21 heavy (non-hydrogen) atoms. The van der Waals surface area contributed by atoms with Crippen LogP contribution in [0.2, 0.25) is 0 Å². The first kappa shape index (κ1) is 17.7. The first-order chi connectivity index (χ1) is 10.0. The molecule has 0 amide bonds. The maximum absolute atomic E-state index is 5.39. The molecule has 3 nitrogen and oxygen atoms in total. The molecule has 0 aromatic heterocycles. The first-order valence-corrected chi connectivity index (χ1v) is 7.66. The van der Waals surface area contributed by atoms with Gasteiger partial charge in [0.25, 0.3) is 0 Å². The van der Waals surface area contributed by atoms with Gasteiger partial charge in [0.05, 0.1) is 6.54 Å². The first-order valence-electron chi connectivity index (χ1n) is 7.66. The number of hydrogen-bond donors (Lipinski definition) is 1. The molecule has 0 aliphatic rings. The lowest BCUT2D eigenvalue weighted by molar-refractivity contribution is 0.212. The maximum atomic E-state index is 5.39. The van der Waals surface area contributed by atoms with Crippen LogP contribution >= 0.6 is 0 Å². The summed E-state index contributed by atoms with van der Waals surface area (Å²) in [5.41, 5.74) is 7.77. The van der Waals surface area contributed by atoms with Crippen LogP contribution in [0.5, 0.6) is 0 Å². The Hall–Kier alpha value is -1.34. The Kier molecular flexibility index (Phi) is 8.07. The summed E-state index contributed by atoms with van der Waals surface area (Å²) < 4.78 is 0. The van der Waals surface area contributed by atoms with Gasteiger partial charge < -0.3 is 10.6 Å². The van der Waals surface area contributed by atoms with Crippen molar-refractivity contribution in [3.05, 3.63) is 35.4 Å². The van der Waals surface area contributed by atoms with E-state index in [-0.39, 0.29) is 0 Å². The van der Waals surface area contributed by atoms with Crippen molar-refractivity contribution < 1.29 is 0 Å². The molecule has 0 atom stereocenters. The molecule has 1 aromatic rings. The number of nitrogens with two attached hydrogens (primary N) is 1. The van der Waals surface area contributed by atoms with Gasteiger partial charge in [-0.05, 0) is 37.7 Å². The van der Waals surface area contributed by atoms with Crippen LogP contribution in [0.15, 0.2) is 24.3 Å². The SMILES string of the molecule is CC(C)CN(CCN(C)C)Cc1ccc(C#CCN)cc1. The average molecular weight is 287 g/mol. The highest BCUT2D eigenvalue weighted by Crippen LogP contribution is 2.09. The molecule has 0 fully saturated rings. The summed E-state index contributed by atoms with van der Waals surface area (Å²) in [6.45, 7) is 9.27. The van der Waals surface area contributed by atoms with E-state index in [0.29, 0.717) is 12.5 Å². The zero-order chi connectivity index (χ0) is 15.7. The van der Waals surface area contributed by atoms with Crippen molar-refractivity contribution in [2.75, 3.05) is 40.3 Å². The molecule has 116 valence electrons. The third kappa shape index (κ3) is 7.87. The lowest BCUT2D eigenvalue weighted by Gasteiger charge is -2.26. The molecule has 0 heterocycles. The fourth-order valence-corrected chi connectivity index (χ4v) is 2.20. The third-order valence-electron chi connectivity index (χ3n) is 3.18. The van der Waals surface area contributed by atoms with Crippen molar-refractivity contribution in [1.29, 1.82) is 0 Å². The number of benzene rings is 1. The molecule has 0 aliphatic carbocycles. The number of likely N-dealkylation sites (N-methyl/N-ethyl adjacent to an activating group) is 1. The second-order valence-corrected chi connectivity index (χ2v) is 6.14. The zero-order valence-electron chi connectivity index (χ0n) is 13.9. The van der Waals surface area contributed by atoms with Gasteiger partial charge in [-0.15, -0.1) is 0 Å². The van der Waals surface area contributed by atoms with E-state index in [2.05, 4.69) is 73.8 Å². The molecule has 0 aliphatic heterocycles. The smallest absolute Gasteiger partial charge is 0.0555 e. The molecule has 0 bridgehead atoms. The van der Waals surface area contributed by atoms with Crippen LogP contribution in [0.3, 0.4) is 0 Å². The minimum atomic E-state index is 0.411. The van der Waals surface area contributed by atoms with Crippen molar-refractivity contribution in [2.45, 2.75) is 20.4 Å². The molecule has 0 spiro atoms. The Morgan fingerprint density at radius 3 is 2.29 bits per heavy atom. The molecule has 3 heteroatoms. The fraction of sp³-hybridized carbons (Fsp3) is 0.556. The molecule has 0 radical (unpaired) electrons. The van der Waals surface area contributed by atoms with Gasteiger partial charge in [-0.2, -0.15) is 0 Å². The summed E-state index contributed by atoms with van der Waals surface area (Å²) in [5.74, 6) is 6.63. The summed E-state index contributed by atoms with van der Waals surface area (Å²) >= 11 is 0. The standard InChI is InChI=1S/C18H29N3/c1-16(2)14-21(13-12-20(3)4)15-18-9-7-17(8-10-18)6-5-11-19/h7-10,16H,11-15,19H2,1-4H3. The van der Waals surface area contributed by atoms with Crippen molar-refractivity contribution in [2.24, 2.45) is 11.7 Å². The Morgan fingerprint density at radius 2 is 1.76 bits per heavy atom. The molecule has 0 saturated heterocycles. The Morgan fingerprint density at radius 1 is 1.10 bits per heavy atom. The van der Waals surface area contributed by atoms with E-state index in [9.17, 15) is 0 Å². The average Bonchev–Trinajstić information content (AvgIpc) is 2.43. The van der Waals surface area contributed by atoms with Crippen LogP contribution in [-0.2, 0) is 6.54 Å². The minimum absolute atomic E-state index is 0.411. The highest BCUT2D eigenvalue weighted by atomic mass is 15.2. The van der Waals surface area contributed by atoms with E-state index in [4.69, 9.17) is 5.73 Å². The molecule has 2 N–H and O–H groups in total. The van der Waals surface area contributed by atoms with E-state index in [1.165, 1.54) is 5.56 Å². The van der Waals surface area contributed by atoms with Crippen molar-refractivity contribution >= 4 is 0 Å². The van der Waals surface area contributed by atoms with Gasteiger partial charge >= 0.3 is 0 Å². The second kappa shape index (κ2) is 9.57. The molecular formula is C18H29N3. The van der Waals surface area contributed by atoms with Gasteiger partial charge in [-0.3, -0.25) is 4.90 Å². The van der Waals surface area contributed by atoms with Gasteiger partial charge in [-0.25, -0.2) is 0 Å². The Labute approximate surface area is 130 Å². The zero-order valence-corrected chi connectivity index (χ0v) is 13.9. The minimum Gasteiger partial charge on any atom is -0.320 e. The largest absolute Gasteiger partial charge is 0.320 e. The van der Waals surface area contributed by atoms with E-state index in [1.54, 1.807) is 0 Å². The third-order valence-corrected chi connectivity index (χ3v) is 3.18. The van der Waals surface area contributed by atoms with Crippen LogP contribution in [0.4, 0.5) is 0 Å². The predicted molar refractivity (Wildman–Crippen MR) is 91.0 cm³/mol. The summed E-state index contributed by atoms with van der Waals surface area (Å²) in [5, 5.41) is 0. The topological polar surface area (TPSA) is 32.5 Å². The number of nitrogens with zero attached hydrogens (tertiary/aromatic N) is 2. The van der Waals surface area contributed by atoms with Gasteiger partial charge in [0, 0.05) is 31.7 Å². The number of hydrogen-bond acceptors (Lipinski definition) is 3. The summed E-state index contributed by atoms with van der Waals surface area (Å²) in [6, 6.07) is 8.50. The van der Waals surface area contributed by atoms with E-state index < -0.39 is 0 Å². The van der Waals surface area contributed by atoms with Crippen LogP contribution in [0.1, 0.15) is 25.0 Å². The monoisotopic (exact) mass is 287 g/mol. The highest BCUT2D eigenvalue weighted by molar-refractivity contribution is 5.36. The van der Waals surface area contributed by atoms with E-state index in [1.807, 2.05) is 0 Å². The molecule has 1 aromatic carbocycles. The molecule has 0 unspecified atom stereocenters. The van der Waals surface area contributed by atoms with Crippen LogP contribution in [0.25, 0.3) is 0 Å². The molecule has 1 rings (SSSR count). The van der Waals surface area contributed by atoms with Crippen molar-refractivity contribution in [3.63, 3.8) is 0 Å². The summed E-state index contributed by atoms with van der Waals surface area (Å²) in [4.78, 5) is 4.75. The maximum Gasteiger partial charge on any atom is 0.0555 e. The van der Waals surface area contributed by atoms with Crippen LogP contribution in [0, 0.1) is 17.8 Å². The number of rotatable bonds is 7. The lowest BCUT2D eigenvalue weighted by Crippen LogP contribution is -2.33. The van der Waals surface area contributed by atoms with Gasteiger partial charge in [-0.1, -0.05) is 37.8 Å². The van der Waals surface area contributed by atoms with Gasteiger partial charge in [0.2, 0.25) is 0 Å². The van der Waals surface area contributed by atoms with E-state index >= 15 is 0 Å². The van der Waals surface area contributed by atoms with Gasteiger partial charge in [0.1, 0.15) is 0 Å². The highest BCUT2D eigenvalue weighted by Gasteiger charge is 2.08. The Bertz CT molecular complexity index is 452. The second-order valence-electron chi connectivity index (χ2n) is 6.14. The summed E-state index contributed by atoms with van der Waals surface area (Å²) in [7, 11) is 4.25. The Balaban J connectivity index is 2.64. The van der Waals surface area contributed by atoms with Gasteiger partial charge in [0.15, 0.2) is 0 Å². The summed E-state index contributed by atoms with van der Waals surface area (Å²) in [6.07, 6.45) is 0. The quantitative estimate of drug-likeness (QED) is 0.779. The normalized spacial score (nSPS) is 11.0. The van der Waals surface area contributed by atoms with Crippen molar-refractivity contribution in [3.8, 4) is 11.8 Å². The van der Waals surface area contributed by atoms with Crippen molar-refractivity contribution in [1.82, 2.24) is 9.80 Å². The van der Waals surface area contributed by atoms with Crippen LogP contribution in [-0.4, -0.2) is 50.1 Å². The molecular weight excluding hydrogens is 258 g/mol. The van der Waals surface area contributed by atoms with E-state index in [0.717, 1.165) is 31.7 Å². The lowest BCUT2D eigenvalue weighted by atomic mass is 10.1. The van der Waals surface area contributed by atoms with Crippen LogP contribution < -0.4 is 5.73 Å². The predicted octanol–water partition coefficient (Wildman–Crippen LogP) is 2.02. The molecule has 0 saturated carbocycles.